The van der Waals surface area contributed by atoms with Gasteiger partial charge in [0.25, 0.3) is 10.2 Å². The summed E-state index contributed by atoms with van der Waals surface area (Å²) in [5, 5.41) is 41.8. The summed E-state index contributed by atoms with van der Waals surface area (Å²) < 4.78 is 27.1. The lowest BCUT2D eigenvalue weighted by molar-refractivity contribution is -0.790. The number of ketones is 2. The molecule has 260 valence electrons. The monoisotopic (exact) mass is 671 g/mol. The molecule has 4 rings (SSSR count). The Kier molecular flexibility index (Phi) is 9.81. The maximum atomic E-state index is 17.3. The first-order valence-corrected chi connectivity index (χ1v) is 15.0. The van der Waals surface area contributed by atoms with Crippen molar-refractivity contribution in [2.45, 2.75) is 82.4 Å². The Morgan fingerprint density at radius 1 is 1.15 bits per heavy atom. The lowest BCUT2D eigenvalue weighted by Crippen LogP contribution is -2.69. The second-order valence-electron chi connectivity index (χ2n) is 13.2. The van der Waals surface area contributed by atoms with Crippen molar-refractivity contribution in [2.75, 3.05) is 19.8 Å². The number of aliphatic hydroxyl groups excluding tert-OH is 1. The van der Waals surface area contributed by atoms with E-state index in [2.05, 4.69) is 9.68 Å². The zero-order valence-electron chi connectivity index (χ0n) is 26.0. The number of nitrogens with zero attached hydrogens (tertiary/aromatic N) is 2. The van der Waals surface area contributed by atoms with Crippen molar-refractivity contribution in [3.63, 3.8) is 0 Å². The quantitative estimate of drug-likeness (QED) is 0.137. The summed E-state index contributed by atoms with van der Waals surface area (Å²) in [4.78, 5) is 79.3. The number of aliphatic hydroxyl groups is 2. The third-order valence-electron chi connectivity index (χ3n) is 10.7. The molecule has 4 aliphatic carbocycles. The van der Waals surface area contributed by atoms with Crippen LogP contribution in [0.4, 0.5) is 4.39 Å². The first-order valence-electron chi connectivity index (χ1n) is 15.0. The highest BCUT2D eigenvalue weighted by Gasteiger charge is 2.75. The number of hydrogen-bond acceptors (Lipinski definition) is 15. The molecular formula is C29H38FN3O14. The number of hydrogen-bond donors (Lipinski definition) is 3. The maximum Gasteiger partial charge on any atom is 0.323 e. The van der Waals surface area contributed by atoms with E-state index in [0.717, 1.165) is 0 Å². The van der Waals surface area contributed by atoms with Crippen LogP contribution in [-0.4, -0.2) is 93.2 Å². The molecule has 0 amide bonds. The van der Waals surface area contributed by atoms with Gasteiger partial charge < -0.3 is 35.1 Å². The molecule has 47 heavy (non-hydrogen) atoms. The zero-order chi connectivity index (χ0) is 35.1. The topological polar surface area (TPSA) is 258 Å². The van der Waals surface area contributed by atoms with Gasteiger partial charge in [-0.3, -0.25) is 19.2 Å². The fourth-order valence-corrected chi connectivity index (χ4v) is 8.38. The molecule has 4 aliphatic rings. The molecule has 0 aliphatic heterocycles. The largest absolute Gasteiger partial charge is 0.462 e. The van der Waals surface area contributed by atoms with Crippen LogP contribution in [0.2, 0.25) is 0 Å². The Labute approximate surface area is 267 Å². The normalized spacial score (nSPS) is 36.8. The predicted molar refractivity (Wildman–Crippen MR) is 152 cm³/mol. The number of nitrogens with two attached hydrogens (primary N) is 1. The van der Waals surface area contributed by atoms with Gasteiger partial charge in [-0.05, 0) is 56.6 Å². The minimum atomic E-state index is -2.17. The van der Waals surface area contributed by atoms with Crippen molar-refractivity contribution in [2.24, 2.45) is 34.3 Å². The molecule has 18 heteroatoms. The number of carbonyl (C=O) groups is 4. The van der Waals surface area contributed by atoms with Crippen molar-refractivity contribution in [3.8, 4) is 0 Å². The summed E-state index contributed by atoms with van der Waals surface area (Å²) >= 11 is 0. The lowest BCUT2D eigenvalue weighted by atomic mass is 9.44. The van der Waals surface area contributed by atoms with Crippen LogP contribution in [0.1, 0.15) is 52.9 Å². The molecule has 3 fully saturated rings. The Bertz CT molecular complexity index is 1410. The molecule has 0 saturated heterocycles. The molecule has 10 atom stereocenters. The summed E-state index contributed by atoms with van der Waals surface area (Å²) in [5.74, 6) is -5.51. The number of allylic oxidation sites excluding steroid dienone is 4. The molecule has 3 saturated carbocycles. The number of Topliss-reactive ketones (excluding diaryl/α,β-unsaturated/α-hetero) is 1. The highest BCUT2D eigenvalue weighted by Crippen LogP contribution is 2.70. The summed E-state index contributed by atoms with van der Waals surface area (Å²) in [6.45, 7) is 2.16. The van der Waals surface area contributed by atoms with E-state index in [1.165, 1.54) is 18.2 Å². The fourth-order valence-electron chi connectivity index (χ4n) is 8.38. The average Bonchev–Trinajstić information content (AvgIpc) is 3.19. The van der Waals surface area contributed by atoms with E-state index in [1.54, 1.807) is 20.8 Å². The van der Waals surface area contributed by atoms with Gasteiger partial charge in [-0.25, -0.2) is 4.39 Å². The van der Waals surface area contributed by atoms with Gasteiger partial charge >= 0.3 is 11.9 Å². The van der Waals surface area contributed by atoms with E-state index in [4.69, 9.17) is 15.2 Å². The second-order valence-corrected chi connectivity index (χ2v) is 13.2. The first kappa shape index (κ1) is 35.8. The van der Waals surface area contributed by atoms with Gasteiger partial charge in [-0.1, -0.05) is 25.5 Å². The van der Waals surface area contributed by atoms with Crippen LogP contribution in [0, 0.1) is 48.8 Å². The maximum absolute atomic E-state index is 17.3. The highest BCUT2D eigenvalue weighted by molar-refractivity contribution is 6.01. The molecule has 4 N–H and O–H groups in total. The van der Waals surface area contributed by atoms with Crippen molar-refractivity contribution in [3.05, 3.63) is 44.0 Å². The van der Waals surface area contributed by atoms with Crippen LogP contribution in [0.3, 0.4) is 0 Å². The summed E-state index contributed by atoms with van der Waals surface area (Å²) in [6.07, 6.45) is 0.790. The van der Waals surface area contributed by atoms with Crippen LogP contribution < -0.4 is 5.73 Å². The van der Waals surface area contributed by atoms with E-state index in [-0.39, 0.29) is 25.0 Å². The summed E-state index contributed by atoms with van der Waals surface area (Å²) in [5.41, 5.74) is -0.598. The summed E-state index contributed by atoms with van der Waals surface area (Å²) in [7, 11) is 0. The van der Waals surface area contributed by atoms with Gasteiger partial charge in [0.2, 0.25) is 5.78 Å². The van der Waals surface area contributed by atoms with E-state index >= 15 is 4.39 Å². The molecular weight excluding hydrogens is 633 g/mol. The van der Waals surface area contributed by atoms with Crippen LogP contribution in [0.15, 0.2) is 23.8 Å². The Morgan fingerprint density at radius 3 is 2.47 bits per heavy atom. The van der Waals surface area contributed by atoms with Gasteiger partial charge in [-0.15, -0.1) is 20.2 Å². The van der Waals surface area contributed by atoms with Gasteiger partial charge in [0.15, 0.2) is 24.2 Å². The number of carbonyl (C=O) groups excluding carboxylic acids is 4. The van der Waals surface area contributed by atoms with Gasteiger partial charge in [0.05, 0.1) is 12.5 Å². The molecule has 0 aromatic rings. The van der Waals surface area contributed by atoms with Crippen LogP contribution in [-0.2, 0) is 38.3 Å². The van der Waals surface area contributed by atoms with Gasteiger partial charge in [0.1, 0.15) is 24.9 Å². The van der Waals surface area contributed by atoms with Crippen LogP contribution in [0.5, 0.6) is 0 Å². The highest BCUT2D eigenvalue weighted by atomic mass is 19.1. The van der Waals surface area contributed by atoms with Crippen LogP contribution in [0.25, 0.3) is 0 Å². The number of fused-ring (bicyclic) bond motifs is 5. The number of halogens is 1. The van der Waals surface area contributed by atoms with Crippen molar-refractivity contribution in [1.82, 2.24) is 0 Å². The number of rotatable bonds is 13. The third-order valence-corrected chi connectivity index (χ3v) is 10.7. The summed E-state index contributed by atoms with van der Waals surface area (Å²) in [6, 6.07) is -1.66. The Balaban J connectivity index is 1.39. The molecule has 0 spiro atoms. The molecule has 0 radical (unpaired) electrons. The van der Waals surface area contributed by atoms with Gasteiger partial charge in [0, 0.05) is 16.7 Å². The second kappa shape index (κ2) is 12.9. The molecule has 0 heterocycles. The van der Waals surface area contributed by atoms with Crippen molar-refractivity contribution < 1.29 is 63.1 Å². The van der Waals surface area contributed by atoms with E-state index < -0.39 is 112 Å². The van der Waals surface area contributed by atoms with E-state index in [0.29, 0.717) is 12.0 Å². The van der Waals surface area contributed by atoms with Gasteiger partial charge in [-0.2, -0.15) is 0 Å². The van der Waals surface area contributed by atoms with Crippen molar-refractivity contribution in [1.29, 1.82) is 0 Å². The smallest absolute Gasteiger partial charge is 0.323 e. The lowest BCUT2D eigenvalue weighted by Gasteiger charge is -2.62. The molecule has 17 nitrogen and oxygen atoms in total. The van der Waals surface area contributed by atoms with E-state index in [9.17, 15) is 49.6 Å². The minimum absolute atomic E-state index is 0.248. The standard InChI is InChI=1S/C29H38FN3O14/c1-15-8-20-19-5-4-16-9-17(34)6-7-26(16,2)28(19,30)22(35)11-27(20,3)29(15,39)23(36)14-44-24(37)10-21(31)25(38)45-12-18(47-33(42)43)13-46-32(40)41/h6-7,9,15,18-22,35,39H,4-5,8,10-14,31H2,1-3H3/t15-,18?,19?,20?,21?,22+,26+,27+,28+,29+/m1/s1. The zero-order valence-corrected chi connectivity index (χ0v) is 26.0. The van der Waals surface area contributed by atoms with E-state index in [1.807, 2.05) is 0 Å². The number of ether oxygens (including phenoxy) is 2. The Hall–Kier alpha value is -4.03. The SMILES string of the molecule is C[C@@H]1CC2C3CCC4=CC(=O)C=C[C@]4(C)[C@@]3(F)[C@@H](O)C[C@]2(C)[C@@]1(O)C(=O)COC(=O)CC(N)C(=O)OCC(CO[N+](=O)[O-])O[N+](=O)[O-]. The van der Waals surface area contributed by atoms with Crippen molar-refractivity contribution >= 4 is 23.5 Å². The average molecular weight is 672 g/mol. The minimum Gasteiger partial charge on any atom is -0.462 e. The first-order chi connectivity index (χ1) is 21.8. The fraction of sp³-hybridized carbons (Fsp3) is 0.724. The number of esters is 2. The predicted octanol–water partition coefficient (Wildman–Crippen LogP) is 0.492. The molecule has 4 unspecified atom stereocenters. The molecule has 0 aromatic carbocycles. The van der Waals surface area contributed by atoms with Crippen LogP contribution >= 0.6 is 0 Å². The Morgan fingerprint density at radius 2 is 1.83 bits per heavy atom. The molecule has 0 aromatic heterocycles. The number of alkyl halides is 1. The molecule has 0 bridgehead atoms. The third kappa shape index (κ3) is 6.09.